The fourth-order valence-electron chi connectivity index (χ4n) is 2.41. The molecule has 23 heavy (non-hydrogen) atoms. The number of hydrogen-bond donors (Lipinski definition) is 0. The molecule has 3 nitrogen and oxygen atoms in total. The van der Waals surface area contributed by atoms with Crippen LogP contribution in [0.4, 0.5) is 0 Å². The van der Waals surface area contributed by atoms with E-state index in [1.165, 1.54) is 11.1 Å². The zero-order chi connectivity index (χ0) is 16.5. The summed E-state index contributed by atoms with van der Waals surface area (Å²) in [5.41, 5.74) is 2.53. The van der Waals surface area contributed by atoms with E-state index in [9.17, 15) is 0 Å². The molecule has 0 bridgehead atoms. The minimum absolute atomic E-state index is 0.240. The molecule has 0 atom stereocenters. The van der Waals surface area contributed by atoms with Crippen molar-refractivity contribution in [3.63, 3.8) is 0 Å². The predicted octanol–water partition coefficient (Wildman–Crippen LogP) is 3.38. The minimum Gasteiger partial charge on any atom is -0.493 e. The maximum atomic E-state index is 5.55. The Morgan fingerprint density at radius 3 is 2.52 bits per heavy atom. The van der Waals surface area contributed by atoms with Crippen molar-refractivity contribution in [3.05, 3.63) is 59.7 Å². The first kappa shape index (κ1) is 16.9. The Morgan fingerprint density at radius 1 is 1.04 bits per heavy atom. The summed E-state index contributed by atoms with van der Waals surface area (Å²) in [6.07, 6.45) is 6.29. The number of methoxy groups -OCH3 is 1. The van der Waals surface area contributed by atoms with E-state index in [1.807, 2.05) is 18.2 Å². The second kappa shape index (κ2) is 8.87. The van der Waals surface area contributed by atoms with Gasteiger partial charge in [-0.2, -0.15) is 0 Å². The molecule has 0 heterocycles. The van der Waals surface area contributed by atoms with Crippen molar-refractivity contribution in [1.82, 2.24) is 4.90 Å². The van der Waals surface area contributed by atoms with Crippen LogP contribution >= 0.6 is 0 Å². The van der Waals surface area contributed by atoms with Crippen molar-refractivity contribution in [2.24, 2.45) is 0 Å². The summed E-state index contributed by atoms with van der Waals surface area (Å²) in [6, 6.07) is 16.5. The molecule has 0 fully saturated rings. The molecule has 0 N–H and O–H groups in total. The number of benzene rings is 2. The van der Waals surface area contributed by atoms with Gasteiger partial charge in [-0.25, -0.2) is 0 Å². The van der Waals surface area contributed by atoms with Gasteiger partial charge in [-0.1, -0.05) is 42.3 Å². The van der Waals surface area contributed by atoms with Gasteiger partial charge in [-0.15, -0.1) is 6.42 Å². The Bertz CT molecular complexity index is 646. The van der Waals surface area contributed by atoms with E-state index in [0.29, 0.717) is 11.5 Å². The van der Waals surface area contributed by atoms with Gasteiger partial charge >= 0.3 is 0 Å². The van der Waals surface area contributed by atoms with Crippen molar-refractivity contribution < 1.29 is 9.47 Å². The first-order valence-corrected chi connectivity index (χ1v) is 7.68. The van der Waals surface area contributed by atoms with Gasteiger partial charge in [-0.3, -0.25) is 0 Å². The Hall–Kier alpha value is -2.44. The molecule has 0 radical (unpaired) electrons. The maximum absolute atomic E-state index is 5.55. The monoisotopic (exact) mass is 309 g/mol. The van der Waals surface area contributed by atoms with E-state index in [2.05, 4.69) is 48.2 Å². The van der Waals surface area contributed by atoms with Crippen LogP contribution in [0.1, 0.15) is 11.1 Å². The van der Waals surface area contributed by atoms with Crippen LogP contribution in [-0.4, -0.2) is 32.2 Å². The van der Waals surface area contributed by atoms with Gasteiger partial charge in [0.05, 0.1) is 7.11 Å². The lowest BCUT2D eigenvalue weighted by molar-refractivity contribution is 0.320. The molecule has 0 saturated heterocycles. The van der Waals surface area contributed by atoms with Gasteiger partial charge in [0.1, 0.15) is 6.61 Å². The van der Waals surface area contributed by atoms with Crippen LogP contribution in [0, 0.1) is 12.3 Å². The fourth-order valence-corrected chi connectivity index (χ4v) is 2.41. The lowest BCUT2D eigenvalue weighted by Gasteiger charge is -2.18. The van der Waals surface area contributed by atoms with Crippen LogP contribution in [0.5, 0.6) is 11.5 Å². The Kier molecular flexibility index (Phi) is 6.53. The first-order chi connectivity index (χ1) is 11.2. The highest BCUT2D eigenvalue weighted by Gasteiger charge is 2.07. The van der Waals surface area contributed by atoms with Crippen LogP contribution in [0.15, 0.2) is 48.5 Å². The van der Waals surface area contributed by atoms with E-state index in [-0.39, 0.29) is 6.61 Å². The predicted molar refractivity (Wildman–Crippen MR) is 93.8 cm³/mol. The fraction of sp³-hybridized carbons (Fsp3) is 0.300. The second-order valence-electron chi connectivity index (χ2n) is 5.45. The lowest BCUT2D eigenvalue weighted by Crippen LogP contribution is -2.20. The average Bonchev–Trinajstić information content (AvgIpc) is 2.59. The van der Waals surface area contributed by atoms with E-state index >= 15 is 0 Å². The number of ether oxygens (including phenoxy) is 2. The molecule has 2 aromatic carbocycles. The van der Waals surface area contributed by atoms with Gasteiger partial charge in [0.25, 0.3) is 0 Å². The Morgan fingerprint density at radius 2 is 1.83 bits per heavy atom. The normalized spacial score (nSPS) is 10.3. The molecule has 0 unspecified atom stereocenters. The third-order valence-electron chi connectivity index (χ3n) is 3.62. The van der Waals surface area contributed by atoms with Crippen molar-refractivity contribution in [2.75, 3.05) is 27.3 Å². The van der Waals surface area contributed by atoms with Crippen LogP contribution < -0.4 is 9.47 Å². The number of nitrogens with zero attached hydrogens (tertiary/aromatic N) is 1. The summed E-state index contributed by atoms with van der Waals surface area (Å²) in [6.45, 7) is 2.09. The third kappa shape index (κ3) is 5.36. The number of terminal acetylenes is 1. The molecule has 0 saturated carbocycles. The molecule has 0 amide bonds. The highest BCUT2D eigenvalue weighted by Crippen LogP contribution is 2.28. The number of rotatable bonds is 8. The molecule has 0 aliphatic heterocycles. The van der Waals surface area contributed by atoms with Crippen LogP contribution in [-0.2, 0) is 13.0 Å². The molecule has 0 aliphatic rings. The van der Waals surface area contributed by atoms with Gasteiger partial charge in [0, 0.05) is 13.1 Å². The molecule has 0 spiro atoms. The summed E-state index contributed by atoms with van der Waals surface area (Å²) in [5, 5.41) is 0. The van der Waals surface area contributed by atoms with E-state index < -0.39 is 0 Å². The molecular formula is C20H23NO2. The lowest BCUT2D eigenvalue weighted by atomic mass is 10.1. The van der Waals surface area contributed by atoms with Gasteiger partial charge in [0.15, 0.2) is 11.5 Å². The largest absolute Gasteiger partial charge is 0.493 e. The molecule has 2 aromatic rings. The van der Waals surface area contributed by atoms with Crippen LogP contribution in [0.25, 0.3) is 0 Å². The number of likely N-dealkylation sites (N-methyl/N-ethyl adjacent to an activating group) is 1. The molecule has 120 valence electrons. The first-order valence-electron chi connectivity index (χ1n) is 7.68. The molecule has 0 aromatic heterocycles. The summed E-state index contributed by atoms with van der Waals surface area (Å²) >= 11 is 0. The van der Waals surface area contributed by atoms with Crippen molar-refractivity contribution in [2.45, 2.75) is 13.0 Å². The smallest absolute Gasteiger partial charge is 0.162 e. The summed E-state index contributed by atoms with van der Waals surface area (Å²) < 4.78 is 10.8. The summed E-state index contributed by atoms with van der Waals surface area (Å²) in [5.74, 6) is 3.88. The number of hydrogen-bond acceptors (Lipinski definition) is 3. The second-order valence-corrected chi connectivity index (χ2v) is 5.45. The standard InChI is InChI=1S/C20H23NO2/c1-4-14-23-20-15-18(10-11-19(20)22-3)16-21(2)13-12-17-8-6-5-7-9-17/h1,5-11,15H,12-14,16H2,2-3H3. The van der Waals surface area contributed by atoms with E-state index in [1.54, 1.807) is 7.11 Å². The van der Waals surface area contributed by atoms with Crippen molar-refractivity contribution in [1.29, 1.82) is 0 Å². The van der Waals surface area contributed by atoms with Gasteiger partial charge in [0.2, 0.25) is 0 Å². The zero-order valence-electron chi connectivity index (χ0n) is 13.8. The van der Waals surface area contributed by atoms with Crippen LogP contribution in [0.3, 0.4) is 0 Å². The highest BCUT2D eigenvalue weighted by atomic mass is 16.5. The quantitative estimate of drug-likeness (QED) is 0.698. The summed E-state index contributed by atoms with van der Waals surface area (Å²) in [7, 11) is 3.75. The molecule has 0 aliphatic carbocycles. The molecular weight excluding hydrogens is 286 g/mol. The molecule has 3 heteroatoms. The van der Waals surface area contributed by atoms with Crippen molar-refractivity contribution in [3.8, 4) is 23.8 Å². The topological polar surface area (TPSA) is 21.7 Å². The summed E-state index contributed by atoms with van der Waals surface area (Å²) in [4.78, 5) is 2.29. The Balaban J connectivity index is 1.94. The van der Waals surface area contributed by atoms with Crippen LogP contribution in [0.2, 0.25) is 0 Å². The zero-order valence-corrected chi connectivity index (χ0v) is 13.8. The van der Waals surface area contributed by atoms with Gasteiger partial charge in [-0.05, 0) is 36.7 Å². The molecule has 2 rings (SSSR count). The van der Waals surface area contributed by atoms with E-state index in [0.717, 1.165) is 19.5 Å². The minimum atomic E-state index is 0.240. The average molecular weight is 309 g/mol. The van der Waals surface area contributed by atoms with Gasteiger partial charge < -0.3 is 14.4 Å². The Labute approximate surface area is 138 Å². The third-order valence-corrected chi connectivity index (χ3v) is 3.62. The highest BCUT2D eigenvalue weighted by molar-refractivity contribution is 5.43. The van der Waals surface area contributed by atoms with E-state index in [4.69, 9.17) is 15.9 Å². The van der Waals surface area contributed by atoms with Crippen molar-refractivity contribution >= 4 is 0 Å². The SMILES string of the molecule is C#CCOc1cc(CN(C)CCc2ccccc2)ccc1OC. The maximum Gasteiger partial charge on any atom is 0.162 e.